The van der Waals surface area contributed by atoms with Crippen molar-refractivity contribution in [3.8, 4) is 22.6 Å². The van der Waals surface area contributed by atoms with Crippen molar-refractivity contribution in [2.75, 3.05) is 18.9 Å². The minimum absolute atomic E-state index is 0.441. The van der Waals surface area contributed by atoms with Crippen molar-refractivity contribution in [3.05, 3.63) is 35.5 Å². The number of benzene rings is 1. The lowest BCUT2D eigenvalue weighted by atomic mass is 10.1. The third kappa shape index (κ3) is 1.95. The van der Waals surface area contributed by atoms with E-state index in [0.717, 1.165) is 22.6 Å². The van der Waals surface area contributed by atoms with Gasteiger partial charge in [-0.1, -0.05) is 17.7 Å². The summed E-state index contributed by atoms with van der Waals surface area (Å²) in [7, 11) is 0. The van der Waals surface area contributed by atoms with Gasteiger partial charge in [0.25, 0.3) is 0 Å². The first-order valence-electron chi connectivity index (χ1n) is 5.55. The average Bonchev–Trinajstić information content (AvgIpc) is 2.41. The number of pyridine rings is 1. The van der Waals surface area contributed by atoms with Crippen LogP contribution >= 0.6 is 11.6 Å². The zero-order chi connectivity index (χ0) is 12.5. The molecule has 4 nitrogen and oxygen atoms in total. The lowest BCUT2D eigenvalue weighted by Crippen LogP contribution is -2.15. The van der Waals surface area contributed by atoms with Crippen LogP contribution in [0.2, 0.25) is 5.02 Å². The van der Waals surface area contributed by atoms with Crippen LogP contribution in [-0.2, 0) is 0 Å². The van der Waals surface area contributed by atoms with Crippen molar-refractivity contribution in [3.63, 3.8) is 0 Å². The molecule has 0 fully saturated rings. The smallest absolute Gasteiger partial charge is 0.161 e. The quantitative estimate of drug-likeness (QED) is 0.859. The Morgan fingerprint density at radius 3 is 2.72 bits per heavy atom. The summed E-state index contributed by atoms with van der Waals surface area (Å²) in [4.78, 5) is 4.04. The van der Waals surface area contributed by atoms with E-state index in [4.69, 9.17) is 26.8 Å². The number of ether oxygens (including phenoxy) is 2. The second-order valence-electron chi connectivity index (χ2n) is 3.94. The summed E-state index contributed by atoms with van der Waals surface area (Å²) in [5.41, 5.74) is 7.56. The van der Waals surface area contributed by atoms with Crippen molar-refractivity contribution in [1.82, 2.24) is 4.98 Å². The third-order valence-electron chi connectivity index (χ3n) is 2.74. The van der Waals surface area contributed by atoms with Gasteiger partial charge in [0.2, 0.25) is 0 Å². The van der Waals surface area contributed by atoms with Gasteiger partial charge in [-0.3, -0.25) is 0 Å². The summed E-state index contributed by atoms with van der Waals surface area (Å²) in [5, 5.41) is 0.550. The number of anilines is 1. The molecular weight excluding hydrogens is 252 g/mol. The van der Waals surface area contributed by atoms with Gasteiger partial charge in [-0.15, -0.1) is 0 Å². The Morgan fingerprint density at radius 1 is 1.11 bits per heavy atom. The molecule has 1 aromatic carbocycles. The Morgan fingerprint density at radius 2 is 1.89 bits per heavy atom. The molecule has 0 aliphatic carbocycles. The van der Waals surface area contributed by atoms with E-state index < -0.39 is 0 Å². The number of nitrogens with two attached hydrogens (primary N) is 1. The predicted molar refractivity (Wildman–Crippen MR) is 70.1 cm³/mol. The minimum atomic E-state index is 0.441. The predicted octanol–water partition coefficient (Wildman–Crippen LogP) is 2.76. The highest BCUT2D eigenvalue weighted by molar-refractivity contribution is 6.30. The van der Waals surface area contributed by atoms with Crippen LogP contribution in [0.1, 0.15) is 0 Å². The van der Waals surface area contributed by atoms with Crippen LogP contribution in [0, 0.1) is 0 Å². The van der Waals surface area contributed by atoms with Crippen LogP contribution in [0.3, 0.4) is 0 Å². The maximum absolute atomic E-state index is 5.94. The molecule has 0 saturated carbocycles. The average molecular weight is 263 g/mol. The maximum Gasteiger partial charge on any atom is 0.161 e. The summed E-state index contributed by atoms with van der Waals surface area (Å²) in [5.74, 6) is 1.91. The Bertz CT molecular complexity index is 602. The standard InChI is InChI=1S/C13H11ClN2O2/c14-9-6-10(13(15)16-7-9)8-1-2-11-12(5-8)18-4-3-17-11/h1-2,5-7H,3-4H2,(H2,15,16). The van der Waals surface area contributed by atoms with Crippen LogP contribution in [0.5, 0.6) is 11.5 Å². The second-order valence-corrected chi connectivity index (χ2v) is 4.38. The molecule has 0 radical (unpaired) electrons. The van der Waals surface area contributed by atoms with Gasteiger partial charge in [-0.25, -0.2) is 4.98 Å². The Kier molecular flexibility index (Phi) is 2.72. The third-order valence-corrected chi connectivity index (χ3v) is 2.95. The first kappa shape index (κ1) is 11.2. The minimum Gasteiger partial charge on any atom is -0.486 e. The molecule has 0 unspecified atom stereocenters. The number of rotatable bonds is 1. The van der Waals surface area contributed by atoms with Gasteiger partial charge in [0.1, 0.15) is 19.0 Å². The van der Waals surface area contributed by atoms with Crippen LogP contribution in [0.4, 0.5) is 5.82 Å². The lowest BCUT2D eigenvalue weighted by molar-refractivity contribution is 0.171. The van der Waals surface area contributed by atoms with Crippen molar-refractivity contribution < 1.29 is 9.47 Å². The van der Waals surface area contributed by atoms with Crippen molar-refractivity contribution >= 4 is 17.4 Å². The molecule has 0 saturated heterocycles. The van der Waals surface area contributed by atoms with Crippen LogP contribution in [-0.4, -0.2) is 18.2 Å². The van der Waals surface area contributed by atoms with Crippen molar-refractivity contribution in [1.29, 1.82) is 0 Å². The van der Waals surface area contributed by atoms with Gasteiger partial charge in [-0.2, -0.15) is 0 Å². The monoisotopic (exact) mass is 262 g/mol. The molecule has 92 valence electrons. The van der Waals surface area contributed by atoms with E-state index in [0.29, 0.717) is 24.1 Å². The molecule has 0 amide bonds. The number of hydrogen-bond donors (Lipinski definition) is 1. The van der Waals surface area contributed by atoms with Crippen LogP contribution in [0.25, 0.3) is 11.1 Å². The summed E-state index contributed by atoms with van der Waals surface area (Å²) in [6, 6.07) is 7.45. The Balaban J connectivity index is 2.09. The molecule has 1 aromatic heterocycles. The van der Waals surface area contributed by atoms with Crippen molar-refractivity contribution in [2.45, 2.75) is 0 Å². The van der Waals surface area contributed by atoms with E-state index in [-0.39, 0.29) is 0 Å². The normalized spacial score (nSPS) is 13.4. The number of nitrogen functional groups attached to an aromatic ring is 1. The molecule has 5 heteroatoms. The first-order chi connectivity index (χ1) is 8.74. The van der Waals surface area contributed by atoms with Crippen LogP contribution < -0.4 is 15.2 Å². The summed E-state index contributed by atoms with van der Waals surface area (Å²) in [6.07, 6.45) is 1.53. The lowest BCUT2D eigenvalue weighted by Gasteiger charge is -2.19. The zero-order valence-corrected chi connectivity index (χ0v) is 10.3. The highest BCUT2D eigenvalue weighted by Gasteiger charge is 2.13. The van der Waals surface area contributed by atoms with E-state index in [1.807, 2.05) is 18.2 Å². The molecule has 3 rings (SSSR count). The number of nitrogens with zero attached hydrogens (tertiary/aromatic N) is 1. The topological polar surface area (TPSA) is 57.4 Å². The Labute approximate surface area is 109 Å². The summed E-state index contributed by atoms with van der Waals surface area (Å²) >= 11 is 5.94. The van der Waals surface area contributed by atoms with E-state index in [2.05, 4.69) is 4.98 Å². The molecule has 2 heterocycles. The molecule has 1 aliphatic heterocycles. The molecule has 2 aromatic rings. The highest BCUT2D eigenvalue weighted by atomic mass is 35.5. The van der Waals surface area contributed by atoms with Gasteiger partial charge in [0.05, 0.1) is 5.02 Å². The van der Waals surface area contributed by atoms with Crippen molar-refractivity contribution in [2.24, 2.45) is 0 Å². The molecule has 0 atom stereocenters. The van der Waals surface area contributed by atoms with Gasteiger partial charge < -0.3 is 15.2 Å². The fourth-order valence-electron chi connectivity index (χ4n) is 1.89. The summed E-state index contributed by atoms with van der Waals surface area (Å²) in [6.45, 7) is 1.13. The number of hydrogen-bond acceptors (Lipinski definition) is 4. The fourth-order valence-corrected chi connectivity index (χ4v) is 2.05. The highest BCUT2D eigenvalue weighted by Crippen LogP contribution is 2.36. The molecule has 18 heavy (non-hydrogen) atoms. The van der Waals surface area contributed by atoms with Gasteiger partial charge in [-0.05, 0) is 23.8 Å². The van der Waals surface area contributed by atoms with E-state index >= 15 is 0 Å². The molecule has 0 spiro atoms. The number of aromatic nitrogens is 1. The Hall–Kier alpha value is -1.94. The molecule has 2 N–H and O–H groups in total. The van der Waals surface area contributed by atoms with Crippen LogP contribution in [0.15, 0.2) is 30.5 Å². The number of fused-ring (bicyclic) bond motifs is 1. The van der Waals surface area contributed by atoms with E-state index in [1.165, 1.54) is 6.20 Å². The van der Waals surface area contributed by atoms with E-state index in [1.54, 1.807) is 6.07 Å². The fraction of sp³-hybridized carbons (Fsp3) is 0.154. The summed E-state index contributed by atoms with van der Waals surface area (Å²) < 4.78 is 11.0. The first-order valence-corrected chi connectivity index (χ1v) is 5.93. The van der Waals surface area contributed by atoms with Gasteiger partial charge in [0, 0.05) is 11.8 Å². The zero-order valence-electron chi connectivity index (χ0n) is 9.52. The van der Waals surface area contributed by atoms with Gasteiger partial charge >= 0.3 is 0 Å². The largest absolute Gasteiger partial charge is 0.486 e. The maximum atomic E-state index is 5.94. The van der Waals surface area contributed by atoms with Gasteiger partial charge in [0.15, 0.2) is 11.5 Å². The number of halogens is 1. The molecule has 1 aliphatic rings. The molecular formula is C13H11ClN2O2. The SMILES string of the molecule is Nc1ncc(Cl)cc1-c1ccc2c(c1)OCCO2. The molecule has 0 bridgehead atoms. The van der Waals surface area contributed by atoms with E-state index in [9.17, 15) is 0 Å². The second kappa shape index (κ2) is 4.38.